The highest BCUT2D eigenvalue weighted by Crippen LogP contribution is 2.30. The van der Waals surface area contributed by atoms with Crippen molar-refractivity contribution in [3.63, 3.8) is 0 Å². The smallest absolute Gasteiger partial charge is 0.234 e. The second kappa shape index (κ2) is 9.02. The summed E-state index contributed by atoms with van der Waals surface area (Å²) < 4.78 is 10.5. The molecule has 1 heterocycles. The van der Waals surface area contributed by atoms with E-state index in [1.165, 1.54) is 23.3 Å². The second-order valence-electron chi connectivity index (χ2n) is 5.13. The number of aromatic nitrogens is 2. The van der Waals surface area contributed by atoms with E-state index in [1.807, 2.05) is 49.4 Å². The van der Waals surface area contributed by atoms with Gasteiger partial charge in [0.15, 0.2) is 10.2 Å². The lowest BCUT2D eigenvalue weighted by molar-refractivity contribution is -0.113. The van der Waals surface area contributed by atoms with Crippen LogP contribution in [0.2, 0.25) is 5.02 Å². The van der Waals surface area contributed by atoms with Gasteiger partial charge in [-0.25, -0.2) is 4.98 Å². The molecule has 0 bridgehead atoms. The molecule has 1 amide bonds. The van der Waals surface area contributed by atoms with Crippen molar-refractivity contribution in [1.29, 1.82) is 0 Å². The highest BCUT2D eigenvalue weighted by atomic mass is 35.5. The molecule has 3 rings (SSSR count). The largest absolute Gasteiger partial charge is 0.492 e. The molecule has 1 aromatic heterocycles. The number of ether oxygens (including phenoxy) is 1. The summed E-state index contributed by atoms with van der Waals surface area (Å²) in [5.41, 5.74) is 1.45. The zero-order chi connectivity index (χ0) is 18.4. The summed E-state index contributed by atoms with van der Waals surface area (Å²) in [6.45, 7) is 2.44. The first-order valence-corrected chi connectivity index (χ1v) is 10.0. The van der Waals surface area contributed by atoms with E-state index in [9.17, 15) is 4.79 Å². The van der Waals surface area contributed by atoms with Gasteiger partial charge in [-0.3, -0.25) is 4.79 Å². The lowest BCUT2D eigenvalue weighted by Crippen LogP contribution is -2.14. The number of hydrogen-bond acceptors (Lipinski definition) is 6. The van der Waals surface area contributed by atoms with Crippen LogP contribution in [0.5, 0.6) is 5.75 Å². The lowest BCUT2D eigenvalue weighted by Gasteiger charge is -2.10. The van der Waals surface area contributed by atoms with Gasteiger partial charge in [0.1, 0.15) is 5.75 Å². The number of anilines is 1. The standard InChI is InChI=1S/C18H16ClN3O2S2/c1-2-24-15-10-6-5-9-14(15)20-16(23)11-25-18-21-17(22-26-18)12-7-3-4-8-13(12)19/h3-10H,2,11H2,1H3,(H,20,23). The van der Waals surface area contributed by atoms with E-state index >= 15 is 0 Å². The maximum Gasteiger partial charge on any atom is 0.234 e. The maximum atomic E-state index is 12.2. The van der Waals surface area contributed by atoms with Crippen molar-refractivity contribution in [2.24, 2.45) is 0 Å². The molecule has 8 heteroatoms. The van der Waals surface area contributed by atoms with Gasteiger partial charge < -0.3 is 10.1 Å². The molecule has 0 aliphatic carbocycles. The molecule has 134 valence electrons. The van der Waals surface area contributed by atoms with Crippen molar-refractivity contribution < 1.29 is 9.53 Å². The van der Waals surface area contributed by atoms with Crippen LogP contribution >= 0.6 is 34.9 Å². The molecule has 0 aliphatic heterocycles. The van der Waals surface area contributed by atoms with E-state index in [4.69, 9.17) is 16.3 Å². The van der Waals surface area contributed by atoms with Gasteiger partial charge in [-0.05, 0) is 42.7 Å². The first kappa shape index (κ1) is 18.7. The summed E-state index contributed by atoms with van der Waals surface area (Å²) in [7, 11) is 0. The minimum absolute atomic E-state index is 0.128. The van der Waals surface area contributed by atoms with Crippen LogP contribution in [0.15, 0.2) is 52.9 Å². The number of amides is 1. The number of rotatable bonds is 7. The number of para-hydroxylation sites is 2. The van der Waals surface area contributed by atoms with Crippen LogP contribution in [-0.2, 0) is 4.79 Å². The van der Waals surface area contributed by atoms with Gasteiger partial charge in [0.05, 0.1) is 23.1 Å². The van der Waals surface area contributed by atoms with Crippen LogP contribution in [0.3, 0.4) is 0 Å². The van der Waals surface area contributed by atoms with Gasteiger partial charge in [0.2, 0.25) is 5.91 Å². The molecule has 0 aliphatic rings. The summed E-state index contributed by atoms with van der Waals surface area (Å²) in [5.74, 6) is 1.34. The highest BCUT2D eigenvalue weighted by molar-refractivity contribution is 8.01. The molecule has 0 radical (unpaired) electrons. The summed E-state index contributed by atoms with van der Waals surface area (Å²) in [6, 6.07) is 14.8. The van der Waals surface area contributed by atoms with Crippen LogP contribution in [0.4, 0.5) is 5.69 Å². The van der Waals surface area contributed by atoms with Gasteiger partial charge in [-0.1, -0.05) is 47.6 Å². The molecule has 3 aromatic rings. The normalized spacial score (nSPS) is 10.5. The molecular formula is C18H16ClN3O2S2. The number of hydrogen-bond donors (Lipinski definition) is 1. The lowest BCUT2D eigenvalue weighted by atomic mass is 10.2. The highest BCUT2D eigenvalue weighted by Gasteiger charge is 2.12. The van der Waals surface area contributed by atoms with Crippen molar-refractivity contribution in [2.45, 2.75) is 11.3 Å². The van der Waals surface area contributed by atoms with Gasteiger partial charge in [0, 0.05) is 5.56 Å². The zero-order valence-corrected chi connectivity index (χ0v) is 16.3. The molecule has 0 fully saturated rings. The Kier molecular flexibility index (Phi) is 6.49. The third-order valence-corrected chi connectivity index (χ3v) is 5.47. The van der Waals surface area contributed by atoms with Crippen LogP contribution in [0.25, 0.3) is 11.4 Å². The Morgan fingerprint density at radius 3 is 2.81 bits per heavy atom. The molecule has 0 saturated carbocycles. The summed E-state index contributed by atoms with van der Waals surface area (Å²) in [6.07, 6.45) is 0. The van der Waals surface area contributed by atoms with Crippen LogP contribution in [0, 0.1) is 0 Å². The van der Waals surface area contributed by atoms with Crippen LogP contribution in [-0.4, -0.2) is 27.6 Å². The van der Waals surface area contributed by atoms with Gasteiger partial charge in [-0.15, -0.1) is 0 Å². The molecule has 5 nitrogen and oxygen atoms in total. The Morgan fingerprint density at radius 2 is 2.00 bits per heavy atom. The monoisotopic (exact) mass is 405 g/mol. The van der Waals surface area contributed by atoms with Crippen molar-refractivity contribution in [3.05, 3.63) is 53.6 Å². The summed E-state index contributed by atoms with van der Waals surface area (Å²) in [4.78, 5) is 16.7. The Balaban J connectivity index is 1.60. The fraction of sp³-hybridized carbons (Fsp3) is 0.167. The Bertz CT molecular complexity index is 901. The third-order valence-electron chi connectivity index (χ3n) is 3.31. The van der Waals surface area contributed by atoms with Crippen molar-refractivity contribution >= 4 is 46.5 Å². The van der Waals surface area contributed by atoms with E-state index in [0.717, 1.165) is 5.56 Å². The molecule has 0 unspecified atom stereocenters. The van der Waals surface area contributed by atoms with E-state index in [-0.39, 0.29) is 11.7 Å². The first-order chi connectivity index (χ1) is 12.7. The quantitative estimate of drug-likeness (QED) is 0.561. The number of halogens is 1. The van der Waals surface area contributed by atoms with E-state index in [2.05, 4.69) is 14.7 Å². The average Bonchev–Trinajstić information content (AvgIpc) is 3.11. The number of nitrogens with zero attached hydrogens (tertiary/aromatic N) is 2. The number of nitrogens with one attached hydrogen (secondary N) is 1. The topological polar surface area (TPSA) is 64.1 Å². The first-order valence-electron chi connectivity index (χ1n) is 7.90. The van der Waals surface area contributed by atoms with Crippen molar-refractivity contribution in [2.75, 3.05) is 17.7 Å². The van der Waals surface area contributed by atoms with E-state index in [1.54, 1.807) is 6.07 Å². The molecule has 1 N–H and O–H groups in total. The van der Waals surface area contributed by atoms with Gasteiger partial charge in [-0.2, -0.15) is 4.37 Å². The molecule has 2 aromatic carbocycles. The van der Waals surface area contributed by atoms with Gasteiger partial charge in [0.25, 0.3) is 0 Å². The predicted molar refractivity (Wildman–Crippen MR) is 107 cm³/mol. The SMILES string of the molecule is CCOc1ccccc1NC(=O)CSc1nc(-c2ccccc2Cl)ns1. The second-order valence-corrected chi connectivity index (χ2v) is 7.51. The number of carbonyl (C=O) groups excluding carboxylic acids is 1. The molecule has 0 spiro atoms. The van der Waals surface area contributed by atoms with Crippen molar-refractivity contribution in [1.82, 2.24) is 9.36 Å². The average molecular weight is 406 g/mol. The summed E-state index contributed by atoms with van der Waals surface area (Å²) >= 11 is 8.76. The number of thioether (sulfide) groups is 1. The minimum Gasteiger partial charge on any atom is -0.492 e. The zero-order valence-electron chi connectivity index (χ0n) is 13.9. The minimum atomic E-state index is -0.128. The maximum absolute atomic E-state index is 12.2. The fourth-order valence-electron chi connectivity index (χ4n) is 2.19. The Labute approximate surface area is 164 Å². The molecule has 0 saturated heterocycles. The third kappa shape index (κ3) is 4.75. The molecule has 0 atom stereocenters. The summed E-state index contributed by atoms with van der Waals surface area (Å²) in [5, 5.41) is 3.47. The predicted octanol–water partition coefficient (Wildman–Crippen LogP) is 4.99. The Hall–Kier alpha value is -2.09. The van der Waals surface area contributed by atoms with Crippen LogP contribution < -0.4 is 10.1 Å². The number of carbonyl (C=O) groups is 1. The molecular weight excluding hydrogens is 390 g/mol. The van der Waals surface area contributed by atoms with Gasteiger partial charge >= 0.3 is 0 Å². The Morgan fingerprint density at radius 1 is 1.23 bits per heavy atom. The van der Waals surface area contributed by atoms with Crippen LogP contribution in [0.1, 0.15) is 6.92 Å². The molecule has 26 heavy (non-hydrogen) atoms. The fourth-order valence-corrected chi connectivity index (χ4v) is 3.81. The van der Waals surface area contributed by atoms with Crippen molar-refractivity contribution in [3.8, 4) is 17.1 Å². The van der Waals surface area contributed by atoms with E-state index < -0.39 is 0 Å². The number of benzene rings is 2. The van der Waals surface area contributed by atoms with E-state index in [0.29, 0.717) is 33.2 Å².